The molecule has 0 unspecified atom stereocenters. The van der Waals surface area contributed by atoms with Crippen molar-refractivity contribution in [1.82, 2.24) is 4.90 Å². The molecule has 41 heavy (non-hydrogen) atoms. The molecule has 0 radical (unpaired) electrons. The van der Waals surface area contributed by atoms with Gasteiger partial charge in [0.05, 0.1) is 19.4 Å². The summed E-state index contributed by atoms with van der Waals surface area (Å²) in [6.45, 7) is 12.1. The molecule has 4 aromatic rings. The van der Waals surface area contributed by atoms with Crippen LogP contribution in [0.25, 0.3) is 0 Å². The number of para-hydroxylation sites is 1. The highest BCUT2D eigenvalue weighted by Gasteiger charge is 2.32. The zero-order valence-corrected chi connectivity index (χ0v) is 24.5. The van der Waals surface area contributed by atoms with Crippen LogP contribution in [0.4, 0.5) is 0 Å². The van der Waals surface area contributed by atoms with Crippen LogP contribution in [0.1, 0.15) is 43.2 Å². The first-order valence-corrected chi connectivity index (χ1v) is 13.9. The van der Waals surface area contributed by atoms with Gasteiger partial charge in [-0.25, -0.2) is 4.79 Å². The summed E-state index contributed by atoms with van der Waals surface area (Å²) in [6, 6.07) is 25.4. The summed E-state index contributed by atoms with van der Waals surface area (Å²) < 4.78 is 28.9. The largest absolute Gasteiger partial charge is 0.492 e. The Balaban J connectivity index is 1.39. The zero-order chi connectivity index (χ0) is 29.2. The Labute approximate surface area is 242 Å². The molecular weight excluding hydrogens is 518 g/mol. The lowest BCUT2D eigenvalue weighted by Gasteiger charge is -2.27. The van der Waals surface area contributed by atoms with Gasteiger partial charge in [-0.05, 0) is 99.8 Å². The van der Waals surface area contributed by atoms with E-state index in [4.69, 9.17) is 23.4 Å². The Kier molecular flexibility index (Phi) is 10.1. The fourth-order valence-corrected chi connectivity index (χ4v) is 4.51. The summed E-state index contributed by atoms with van der Waals surface area (Å²) in [7, 11) is 0. The van der Waals surface area contributed by atoms with Crippen LogP contribution < -0.4 is 14.2 Å². The third-order valence-electron chi connectivity index (χ3n) is 6.49. The van der Waals surface area contributed by atoms with Gasteiger partial charge in [-0.1, -0.05) is 30.3 Å². The van der Waals surface area contributed by atoms with Gasteiger partial charge in [0.25, 0.3) is 0 Å². The topological polar surface area (TPSA) is 70.4 Å². The molecule has 0 spiro atoms. The van der Waals surface area contributed by atoms with E-state index in [0.29, 0.717) is 38.6 Å². The molecule has 0 N–H and O–H groups in total. The molecule has 0 aliphatic carbocycles. The van der Waals surface area contributed by atoms with E-state index >= 15 is 0 Å². The number of benzene rings is 3. The minimum absolute atomic E-state index is 0.311. The smallest absolute Gasteiger partial charge is 0.349 e. The summed E-state index contributed by atoms with van der Waals surface area (Å²) in [5.74, 6) is 3.53. The van der Waals surface area contributed by atoms with Crippen LogP contribution in [-0.4, -0.2) is 36.2 Å². The number of rotatable bonds is 14. The second kappa shape index (κ2) is 13.9. The van der Waals surface area contributed by atoms with E-state index in [0.717, 1.165) is 39.7 Å². The van der Waals surface area contributed by atoms with Crippen molar-refractivity contribution in [2.24, 2.45) is 0 Å². The van der Waals surface area contributed by atoms with Crippen molar-refractivity contribution in [2.45, 2.75) is 53.3 Å². The van der Waals surface area contributed by atoms with Crippen molar-refractivity contribution >= 4 is 5.97 Å². The lowest BCUT2D eigenvalue weighted by molar-refractivity contribution is -0.158. The standard InChI is InChI=1S/C34H39NO6/c1-6-37-33(36)34(4,5)41-32-25(2)21-27(22-26(32)3)23-35(24-31-13-10-19-38-31)18-20-39-28-14-16-30(17-15-28)40-29-11-8-7-9-12-29/h7-17,19,21-22H,6,18,20,23-24H2,1-5H3. The van der Waals surface area contributed by atoms with Crippen molar-refractivity contribution in [3.63, 3.8) is 0 Å². The zero-order valence-electron chi connectivity index (χ0n) is 24.5. The molecule has 0 saturated heterocycles. The molecule has 4 rings (SSSR count). The van der Waals surface area contributed by atoms with E-state index in [1.54, 1.807) is 27.0 Å². The molecule has 0 aliphatic heterocycles. The number of carbonyl (C=O) groups is 1. The SMILES string of the molecule is CCOC(=O)C(C)(C)Oc1c(C)cc(CN(CCOc2ccc(Oc3ccccc3)cc2)Cc2ccco2)cc1C. The molecule has 0 atom stereocenters. The Hall–Kier alpha value is -4.23. The third kappa shape index (κ3) is 8.63. The maximum atomic E-state index is 12.4. The second-order valence-corrected chi connectivity index (χ2v) is 10.4. The quantitative estimate of drug-likeness (QED) is 0.149. The highest BCUT2D eigenvalue weighted by molar-refractivity contribution is 5.79. The lowest BCUT2D eigenvalue weighted by Crippen LogP contribution is -2.40. The first-order valence-electron chi connectivity index (χ1n) is 13.9. The predicted octanol–water partition coefficient (Wildman–Crippen LogP) is 7.49. The first kappa shape index (κ1) is 29.7. The minimum atomic E-state index is -1.08. The molecule has 0 fully saturated rings. The van der Waals surface area contributed by atoms with Gasteiger partial charge in [0.15, 0.2) is 5.60 Å². The van der Waals surface area contributed by atoms with Crippen molar-refractivity contribution in [2.75, 3.05) is 19.8 Å². The number of aryl methyl sites for hydroxylation is 2. The molecule has 0 bridgehead atoms. The van der Waals surface area contributed by atoms with E-state index in [1.165, 1.54) is 0 Å². The molecule has 3 aromatic carbocycles. The van der Waals surface area contributed by atoms with Crippen LogP contribution in [0, 0.1) is 13.8 Å². The van der Waals surface area contributed by atoms with Crippen molar-refractivity contribution < 1.29 is 28.2 Å². The van der Waals surface area contributed by atoms with E-state index < -0.39 is 5.60 Å². The van der Waals surface area contributed by atoms with Gasteiger partial charge in [-0.15, -0.1) is 0 Å². The highest BCUT2D eigenvalue weighted by Crippen LogP contribution is 2.30. The van der Waals surface area contributed by atoms with E-state index in [2.05, 4.69) is 17.0 Å². The normalized spacial score (nSPS) is 11.4. The van der Waals surface area contributed by atoms with Crippen LogP contribution in [0.2, 0.25) is 0 Å². The van der Waals surface area contributed by atoms with Crippen LogP contribution in [0.15, 0.2) is 89.5 Å². The van der Waals surface area contributed by atoms with Gasteiger partial charge in [0.1, 0.15) is 35.4 Å². The maximum absolute atomic E-state index is 12.4. The summed E-state index contributed by atoms with van der Waals surface area (Å²) in [5.41, 5.74) is 1.98. The molecule has 216 valence electrons. The first-order chi connectivity index (χ1) is 19.7. The molecule has 7 heteroatoms. The van der Waals surface area contributed by atoms with Gasteiger partial charge in [0, 0.05) is 13.1 Å². The average molecular weight is 558 g/mol. The number of esters is 1. The van der Waals surface area contributed by atoms with Gasteiger partial charge in [-0.3, -0.25) is 4.90 Å². The summed E-state index contributed by atoms with van der Waals surface area (Å²) >= 11 is 0. The number of nitrogens with zero attached hydrogens (tertiary/aromatic N) is 1. The summed E-state index contributed by atoms with van der Waals surface area (Å²) in [4.78, 5) is 14.6. The Morgan fingerprint density at radius 3 is 2.15 bits per heavy atom. The molecule has 0 saturated carbocycles. The molecular formula is C34H39NO6. The predicted molar refractivity (Wildman–Crippen MR) is 159 cm³/mol. The average Bonchev–Trinajstić information content (AvgIpc) is 3.45. The Morgan fingerprint density at radius 2 is 1.51 bits per heavy atom. The van der Waals surface area contributed by atoms with Crippen molar-refractivity contribution in [1.29, 1.82) is 0 Å². The molecule has 1 aromatic heterocycles. The van der Waals surface area contributed by atoms with E-state index in [9.17, 15) is 4.79 Å². The van der Waals surface area contributed by atoms with E-state index in [-0.39, 0.29) is 5.97 Å². The lowest BCUT2D eigenvalue weighted by atomic mass is 10.0. The van der Waals surface area contributed by atoms with Crippen molar-refractivity contribution in [3.8, 4) is 23.0 Å². The molecule has 7 nitrogen and oxygen atoms in total. The number of hydrogen-bond acceptors (Lipinski definition) is 7. The fourth-order valence-electron chi connectivity index (χ4n) is 4.51. The van der Waals surface area contributed by atoms with Gasteiger partial charge < -0.3 is 23.4 Å². The Morgan fingerprint density at radius 1 is 0.854 bits per heavy atom. The molecule has 1 heterocycles. The fraction of sp³-hybridized carbons (Fsp3) is 0.324. The van der Waals surface area contributed by atoms with Crippen molar-refractivity contribution in [3.05, 3.63) is 108 Å². The summed E-state index contributed by atoms with van der Waals surface area (Å²) in [6.07, 6.45) is 1.69. The van der Waals surface area contributed by atoms with Crippen LogP contribution in [0.3, 0.4) is 0 Å². The minimum Gasteiger partial charge on any atom is -0.492 e. The number of furan rings is 1. The monoisotopic (exact) mass is 557 g/mol. The highest BCUT2D eigenvalue weighted by atomic mass is 16.6. The molecule has 0 amide bonds. The second-order valence-electron chi connectivity index (χ2n) is 10.4. The van der Waals surface area contributed by atoms with Crippen LogP contribution in [0.5, 0.6) is 23.0 Å². The van der Waals surface area contributed by atoms with Gasteiger partial charge in [-0.2, -0.15) is 0 Å². The van der Waals surface area contributed by atoms with Gasteiger partial charge in [0.2, 0.25) is 0 Å². The van der Waals surface area contributed by atoms with Crippen LogP contribution in [-0.2, 0) is 22.6 Å². The third-order valence-corrected chi connectivity index (χ3v) is 6.49. The van der Waals surface area contributed by atoms with Crippen LogP contribution >= 0.6 is 0 Å². The molecule has 0 aliphatic rings. The van der Waals surface area contributed by atoms with Gasteiger partial charge >= 0.3 is 5.97 Å². The van der Waals surface area contributed by atoms with E-state index in [1.807, 2.05) is 80.6 Å². The number of hydrogen-bond donors (Lipinski definition) is 0. The summed E-state index contributed by atoms with van der Waals surface area (Å²) in [5, 5.41) is 0. The maximum Gasteiger partial charge on any atom is 0.349 e. The Bertz CT molecular complexity index is 1360. The number of ether oxygens (including phenoxy) is 4. The number of carbonyl (C=O) groups excluding carboxylic acids is 1.